The molecule has 6 heteroatoms. The lowest BCUT2D eigenvalue weighted by Crippen LogP contribution is -2.41. The molecular weight excluding hydrogens is 300 g/mol. The van der Waals surface area contributed by atoms with Gasteiger partial charge in [0, 0.05) is 0 Å². The van der Waals surface area contributed by atoms with Gasteiger partial charge < -0.3 is 8.23 Å². The first-order valence-corrected chi connectivity index (χ1v) is 19.1. The van der Waals surface area contributed by atoms with Gasteiger partial charge in [-0.2, -0.15) is 0 Å². The van der Waals surface area contributed by atoms with Gasteiger partial charge in [-0.15, -0.1) is 13.2 Å². The molecule has 0 atom stereocenters. The zero-order valence-corrected chi connectivity index (χ0v) is 18.6. The summed E-state index contributed by atoms with van der Waals surface area (Å²) < 4.78 is 11.7. The van der Waals surface area contributed by atoms with Crippen LogP contribution >= 0.6 is 0 Å². The Morgan fingerprint density at radius 1 is 0.789 bits per heavy atom. The van der Waals surface area contributed by atoms with Crippen molar-refractivity contribution in [1.82, 2.24) is 0 Å². The van der Waals surface area contributed by atoms with Gasteiger partial charge in [-0.1, -0.05) is 11.4 Å². The van der Waals surface area contributed by atoms with E-state index in [1.54, 1.807) is 0 Å². The van der Waals surface area contributed by atoms with Crippen LogP contribution in [0, 0.1) is 0 Å². The first kappa shape index (κ1) is 21.6. The fourth-order valence-corrected chi connectivity index (χ4v) is 13.2. The smallest absolute Gasteiger partial charge is 0.198 e. The molecule has 0 bridgehead atoms. The Morgan fingerprint density at radius 2 is 1.11 bits per heavy atom. The first-order valence-electron chi connectivity index (χ1n) is 6.90. The Morgan fingerprint density at radius 3 is 1.21 bits per heavy atom. The Hall–Kier alpha value is 0.268. The van der Waals surface area contributed by atoms with E-state index in [9.17, 15) is 0 Å². The predicted molar refractivity (Wildman–Crippen MR) is 99.8 cm³/mol. The van der Waals surface area contributed by atoms with Gasteiger partial charge in [0.25, 0.3) is 0 Å². The number of hydrogen-bond acceptors (Lipinski definition) is 2. The highest BCUT2D eigenvalue weighted by Crippen LogP contribution is 2.15. The topological polar surface area (TPSA) is 18.5 Å². The van der Waals surface area contributed by atoms with Crippen molar-refractivity contribution in [2.24, 2.45) is 0 Å². The van der Waals surface area contributed by atoms with E-state index in [1.165, 1.54) is 0 Å². The standard InChI is InChI=1S/C8H18OSi2.C5H16OSi2/c1-7-10(3,4)9-11(5,6)8-2;1-7(2)6-8(3,4)5/h7-8H,1-2H2,3-6H3;7H,1-5H3. The quantitative estimate of drug-likeness (QED) is 0.656. The zero-order chi connectivity index (χ0) is 15.9. The molecule has 0 aromatic heterocycles. The minimum atomic E-state index is -1.58. The summed E-state index contributed by atoms with van der Waals surface area (Å²) in [5, 5.41) is 0. The van der Waals surface area contributed by atoms with Gasteiger partial charge in [-0.05, 0) is 58.9 Å². The molecule has 0 aromatic carbocycles. The molecule has 114 valence electrons. The van der Waals surface area contributed by atoms with Gasteiger partial charge in [-0.3, -0.25) is 0 Å². The molecule has 0 fully saturated rings. The maximum atomic E-state index is 5.97. The molecule has 0 unspecified atom stereocenters. The highest BCUT2D eigenvalue weighted by atomic mass is 28.4. The van der Waals surface area contributed by atoms with Crippen molar-refractivity contribution < 1.29 is 8.23 Å². The zero-order valence-electron chi connectivity index (χ0n) is 14.5. The van der Waals surface area contributed by atoms with E-state index in [4.69, 9.17) is 8.23 Å². The maximum absolute atomic E-state index is 5.97. The highest BCUT2D eigenvalue weighted by Gasteiger charge is 2.27. The average Bonchev–Trinajstić information content (AvgIpc) is 2.13. The van der Waals surface area contributed by atoms with Gasteiger partial charge in [0.15, 0.2) is 34.0 Å². The molecule has 0 radical (unpaired) electrons. The van der Waals surface area contributed by atoms with Crippen LogP contribution in [-0.4, -0.2) is 34.0 Å². The third-order valence-corrected chi connectivity index (χ3v) is 13.0. The van der Waals surface area contributed by atoms with Crippen LogP contribution in [0.5, 0.6) is 0 Å². The van der Waals surface area contributed by atoms with E-state index in [2.05, 4.69) is 72.1 Å². The third-order valence-electron chi connectivity index (χ3n) is 2.10. The molecule has 0 aliphatic heterocycles. The molecule has 0 heterocycles. The van der Waals surface area contributed by atoms with E-state index < -0.39 is 34.0 Å². The van der Waals surface area contributed by atoms with E-state index in [0.717, 1.165) is 0 Å². The van der Waals surface area contributed by atoms with Gasteiger partial charge in [0.1, 0.15) is 0 Å². The lowest BCUT2D eigenvalue weighted by molar-refractivity contribution is 0.571. The summed E-state index contributed by atoms with van der Waals surface area (Å²) in [4.78, 5) is 0. The van der Waals surface area contributed by atoms with E-state index in [-0.39, 0.29) is 0 Å². The maximum Gasteiger partial charge on any atom is 0.198 e. The van der Waals surface area contributed by atoms with E-state index >= 15 is 0 Å². The monoisotopic (exact) mass is 334 g/mol. The van der Waals surface area contributed by atoms with Crippen molar-refractivity contribution >= 4 is 34.0 Å². The van der Waals surface area contributed by atoms with Crippen molar-refractivity contribution in [3.8, 4) is 0 Å². The summed E-state index contributed by atoms with van der Waals surface area (Å²) in [6.07, 6.45) is 0. The Bertz CT molecular complexity index is 263. The van der Waals surface area contributed by atoms with Crippen LogP contribution < -0.4 is 0 Å². The van der Waals surface area contributed by atoms with Crippen molar-refractivity contribution in [1.29, 1.82) is 0 Å². The van der Waals surface area contributed by atoms with Crippen LogP contribution in [0.25, 0.3) is 0 Å². The van der Waals surface area contributed by atoms with Gasteiger partial charge >= 0.3 is 0 Å². The highest BCUT2D eigenvalue weighted by molar-refractivity contribution is 6.89. The summed E-state index contributed by atoms with van der Waals surface area (Å²) in [6, 6.07) is 0. The third kappa shape index (κ3) is 16.2. The van der Waals surface area contributed by atoms with Crippen molar-refractivity contribution in [3.05, 3.63) is 24.6 Å². The first-order chi connectivity index (χ1) is 8.24. The van der Waals surface area contributed by atoms with Gasteiger partial charge in [-0.25, -0.2) is 0 Å². The molecule has 0 spiro atoms. The molecule has 0 saturated carbocycles. The minimum absolute atomic E-state index is 0.734. The largest absolute Gasteiger partial charge is 0.458 e. The van der Waals surface area contributed by atoms with E-state index in [1.807, 2.05) is 11.4 Å². The Balaban J connectivity index is 0. The summed E-state index contributed by atoms with van der Waals surface area (Å²) in [5.41, 5.74) is 3.93. The van der Waals surface area contributed by atoms with Gasteiger partial charge in [0.2, 0.25) is 0 Å². The van der Waals surface area contributed by atoms with Crippen LogP contribution in [0.2, 0.25) is 58.9 Å². The Kier molecular flexibility index (Phi) is 9.68. The minimum Gasteiger partial charge on any atom is -0.458 e. The molecule has 0 N–H and O–H groups in total. The average molecular weight is 335 g/mol. The molecule has 0 aliphatic rings. The van der Waals surface area contributed by atoms with Crippen LogP contribution in [0.4, 0.5) is 0 Å². The summed E-state index contributed by atoms with van der Waals surface area (Å²) in [6.45, 7) is 27.3. The summed E-state index contributed by atoms with van der Waals surface area (Å²) in [5.74, 6) is 0. The van der Waals surface area contributed by atoms with Crippen molar-refractivity contribution in [2.45, 2.75) is 58.9 Å². The molecule has 0 aromatic rings. The lowest BCUT2D eigenvalue weighted by atomic mass is 11.3. The fourth-order valence-electron chi connectivity index (χ4n) is 1.47. The Labute approximate surface area is 126 Å². The fraction of sp³-hybridized carbons (Fsp3) is 0.692. The second kappa shape index (κ2) is 8.53. The molecular formula is C13H34O2Si4. The molecule has 0 rings (SSSR count). The SMILES string of the molecule is C=C[Si](C)(C)O[Si](C)(C)C=C.C[SiH](C)O[Si](C)(C)C. The normalized spacial score (nSPS) is 12.7. The van der Waals surface area contributed by atoms with Crippen LogP contribution in [0.1, 0.15) is 0 Å². The van der Waals surface area contributed by atoms with Crippen LogP contribution in [0.3, 0.4) is 0 Å². The molecule has 0 amide bonds. The molecule has 2 nitrogen and oxygen atoms in total. The predicted octanol–water partition coefficient (Wildman–Crippen LogP) is 4.68. The lowest BCUT2D eigenvalue weighted by Gasteiger charge is -2.29. The number of hydrogen-bond donors (Lipinski definition) is 0. The van der Waals surface area contributed by atoms with Crippen LogP contribution in [0.15, 0.2) is 24.6 Å². The van der Waals surface area contributed by atoms with Crippen molar-refractivity contribution in [3.63, 3.8) is 0 Å². The molecule has 19 heavy (non-hydrogen) atoms. The molecule has 0 saturated heterocycles. The van der Waals surface area contributed by atoms with Crippen LogP contribution in [-0.2, 0) is 8.23 Å². The second-order valence-electron chi connectivity index (χ2n) is 7.00. The van der Waals surface area contributed by atoms with Crippen molar-refractivity contribution in [2.75, 3.05) is 0 Å². The molecule has 0 aliphatic carbocycles. The van der Waals surface area contributed by atoms with Gasteiger partial charge in [0.05, 0.1) is 0 Å². The summed E-state index contributed by atoms with van der Waals surface area (Å²) in [7, 11) is -5.05. The second-order valence-corrected chi connectivity index (χ2v) is 22.3. The summed E-state index contributed by atoms with van der Waals surface area (Å²) >= 11 is 0. The number of rotatable bonds is 6. The van der Waals surface area contributed by atoms with E-state index in [0.29, 0.717) is 0 Å².